The number of rotatable bonds is 2. The second kappa shape index (κ2) is 4.42. The van der Waals surface area contributed by atoms with Gasteiger partial charge in [0.05, 0.1) is 6.07 Å². The summed E-state index contributed by atoms with van der Waals surface area (Å²) in [4.78, 5) is 12.0. The molecule has 0 unspecified atom stereocenters. The Morgan fingerprint density at radius 1 is 1.44 bits per heavy atom. The average molecular weight is 222 g/mol. The molecule has 0 spiro atoms. The minimum Gasteiger partial charge on any atom is -0.381 e. The molecule has 4 nitrogen and oxygen atoms in total. The van der Waals surface area contributed by atoms with Gasteiger partial charge in [0, 0.05) is 19.3 Å². The molecule has 1 aliphatic carbocycles. The van der Waals surface area contributed by atoms with Crippen LogP contribution < -0.4 is 5.32 Å². The highest BCUT2D eigenvalue weighted by Gasteiger charge is 2.49. The van der Waals surface area contributed by atoms with Crippen molar-refractivity contribution in [2.45, 2.75) is 38.6 Å². The Bertz CT molecular complexity index is 309. The summed E-state index contributed by atoms with van der Waals surface area (Å²) in [5.41, 5.74) is -0.738. The number of nitriles is 1. The summed E-state index contributed by atoms with van der Waals surface area (Å²) in [6.07, 6.45) is 3.14. The predicted octanol–water partition coefficient (Wildman–Crippen LogP) is 1.22. The van der Waals surface area contributed by atoms with Gasteiger partial charge in [0.1, 0.15) is 5.41 Å². The van der Waals surface area contributed by atoms with Gasteiger partial charge in [-0.05, 0) is 31.6 Å². The summed E-state index contributed by atoms with van der Waals surface area (Å²) >= 11 is 0. The van der Waals surface area contributed by atoms with Gasteiger partial charge in [-0.2, -0.15) is 5.26 Å². The third kappa shape index (κ3) is 2.05. The topological polar surface area (TPSA) is 62.1 Å². The highest BCUT2D eigenvalue weighted by Crippen LogP contribution is 2.45. The van der Waals surface area contributed by atoms with Crippen LogP contribution in [0.5, 0.6) is 0 Å². The molecule has 0 aromatic heterocycles. The Morgan fingerprint density at radius 3 is 2.56 bits per heavy atom. The van der Waals surface area contributed by atoms with E-state index in [1.54, 1.807) is 0 Å². The second-order valence-corrected chi connectivity index (χ2v) is 5.07. The van der Waals surface area contributed by atoms with Crippen LogP contribution in [0.2, 0.25) is 0 Å². The second-order valence-electron chi connectivity index (χ2n) is 5.07. The summed E-state index contributed by atoms with van der Waals surface area (Å²) in [5, 5.41) is 12.1. The molecule has 0 radical (unpaired) electrons. The molecule has 2 fully saturated rings. The summed E-state index contributed by atoms with van der Waals surface area (Å²) in [6.45, 7) is 3.50. The molecule has 0 aromatic rings. The molecule has 1 N–H and O–H groups in total. The zero-order valence-electron chi connectivity index (χ0n) is 9.66. The molecule has 1 amide bonds. The monoisotopic (exact) mass is 222 g/mol. The Labute approximate surface area is 96.0 Å². The largest absolute Gasteiger partial charge is 0.381 e. The third-order valence-corrected chi connectivity index (χ3v) is 3.60. The van der Waals surface area contributed by atoms with Crippen molar-refractivity contribution in [1.82, 2.24) is 5.32 Å². The molecule has 1 aliphatic heterocycles. The first-order valence-electron chi connectivity index (χ1n) is 5.96. The van der Waals surface area contributed by atoms with Crippen LogP contribution in [-0.4, -0.2) is 25.2 Å². The zero-order valence-corrected chi connectivity index (χ0v) is 9.66. The maximum Gasteiger partial charge on any atom is 0.240 e. The molecule has 2 rings (SSSR count). The molecule has 1 saturated carbocycles. The summed E-state index contributed by atoms with van der Waals surface area (Å²) in [5.74, 6) is 0.431. The van der Waals surface area contributed by atoms with Gasteiger partial charge in [-0.15, -0.1) is 0 Å². The van der Waals surface area contributed by atoms with Crippen LogP contribution in [0.25, 0.3) is 0 Å². The summed E-state index contributed by atoms with van der Waals surface area (Å²) in [6, 6.07) is 2.39. The van der Waals surface area contributed by atoms with Crippen LogP contribution in [0, 0.1) is 22.7 Å². The molecule has 4 heteroatoms. The number of nitrogens with zero attached hydrogens (tertiary/aromatic N) is 1. The molecule has 2 aliphatic rings. The first-order chi connectivity index (χ1) is 7.66. The number of carbonyl (C=O) groups excluding carboxylic acids is 1. The SMILES string of the molecule is CC1CC(C#N)(C(=O)NC2CCOCC2)C1. The normalized spacial score (nSPS) is 34.9. The van der Waals surface area contributed by atoms with E-state index in [1.807, 2.05) is 0 Å². The van der Waals surface area contributed by atoms with Gasteiger partial charge in [0.2, 0.25) is 5.91 Å². The number of carbonyl (C=O) groups is 1. The van der Waals surface area contributed by atoms with E-state index in [2.05, 4.69) is 18.3 Å². The molecular weight excluding hydrogens is 204 g/mol. The fourth-order valence-corrected chi connectivity index (χ4v) is 2.62. The van der Waals surface area contributed by atoms with Crippen LogP contribution in [-0.2, 0) is 9.53 Å². The van der Waals surface area contributed by atoms with Crippen LogP contribution in [0.15, 0.2) is 0 Å². The van der Waals surface area contributed by atoms with Crippen molar-refractivity contribution in [3.05, 3.63) is 0 Å². The molecular formula is C12H18N2O2. The number of hydrogen-bond donors (Lipinski definition) is 1. The number of ether oxygens (including phenoxy) is 1. The Balaban J connectivity index is 1.89. The van der Waals surface area contributed by atoms with Gasteiger partial charge < -0.3 is 10.1 Å². The highest BCUT2D eigenvalue weighted by molar-refractivity contribution is 5.86. The standard InChI is InChI=1S/C12H18N2O2/c1-9-6-12(7-9,8-13)11(15)14-10-2-4-16-5-3-10/h9-10H,2-7H2,1H3,(H,14,15). The van der Waals surface area contributed by atoms with E-state index in [0.29, 0.717) is 32.0 Å². The lowest BCUT2D eigenvalue weighted by Crippen LogP contribution is -2.51. The van der Waals surface area contributed by atoms with E-state index < -0.39 is 5.41 Å². The minimum atomic E-state index is -0.738. The number of nitrogens with one attached hydrogen (secondary N) is 1. The van der Waals surface area contributed by atoms with Crippen molar-refractivity contribution in [3.8, 4) is 6.07 Å². The smallest absolute Gasteiger partial charge is 0.240 e. The van der Waals surface area contributed by atoms with Gasteiger partial charge in [0.15, 0.2) is 0 Å². The first-order valence-corrected chi connectivity index (χ1v) is 5.96. The maximum atomic E-state index is 12.0. The van der Waals surface area contributed by atoms with E-state index in [4.69, 9.17) is 10.00 Å². The molecule has 1 saturated heterocycles. The average Bonchev–Trinajstić information content (AvgIpc) is 2.25. The molecule has 16 heavy (non-hydrogen) atoms. The van der Waals surface area contributed by atoms with E-state index in [-0.39, 0.29) is 11.9 Å². The Kier molecular flexibility index (Phi) is 3.15. The summed E-state index contributed by atoms with van der Waals surface area (Å²) < 4.78 is 5.23. The minimum absolute atomic E-state index is 0.0694. The zero-order chi connectivity index (χ0) is 11.6. The third-order valence-electron chi connectivity index (χ3n) is 3.60. The fraction of sp³-hybridized carbons (Fsp3) is 0.833. The lowest BCUT2D eigenvalue weighted by Gasteiger charge is -2.40. The van der Waals surface area contributed by atoms with E-state index in [0.717, 1.165) is 12.8 Å². The van der Waals surface area contributed by atoms with Crippen LogP contribution >= 0.6 is 0 Å². The van der Waals surface area contributed by atoms with Gasteiger partial charge in [0.25, 0.3) is 0 Å². The molecule has 0 atom stereocenters. The molecule has 0 bridgehead atoms. The molecule has 88 valence electrons. The highest BCUT2D eigenvalue weighted by atomic mass is 16.5. The van der Waals surface area contributed by atoms with Crippen molar-refractivity contribution in [2.24, 2.45) is 11.3 Å². The number of hydrogen-bond acceptors (Lipinski definition) is 3. The lowest BCUT2D eigenvalue weighted by molar-refractivity contribution is -0.135. The van der Waals surface area contributed by atoms with Gasteiger partial charge in [-0.3, -0.25) is 4.79 Å². The van der Waals surface area contributed by atoms with E-state index >= 15 is 0 Å². The lowest BCUT2D eigenvalue weighted by atomic mass is 9.63. The van der Waals surface area contributed by atoms with Crippen molar-refractivity contribution in [3.63, 3.8) is 0 Å². The van der Waals surface area contributed by atoms with Crippen molar-refractivity contribution in [1.29, 1.82) is 5.26 Å². The predicted molar refractivity (Wildman–Crippen MR) is 58.4 cm³/mol. The van der Waals surface area contributed by atoms with Gasteiger partial charge in [-0.25, -0.2) is 0 Å². The quantitative estimate of drug-likeness (QED) is 0.764. The van der Waals surface area contributed by atoms with E-state index in [9.17, 15) is 4.79 Å². The molecule has 1 heterocycles. The van der Waals surface area contributed by atoms with Crippen molar-refractivity contribution in [2.75, 3.05) is 13.2 Å². The Hall–Kier alpha value is -1.08. The van der Waals surface area contributed by atoms with Crippen LogP contribution in [0.4, 0.5) is 0 Å². The maximum absolute atomic E-state index is 12.0. The first kappa shape index (κ1) is 11.4. The Morgan fingerprint density at radius 2 is 2.06 bits per heavy atom. The fourth-order valence-electron chi connectivity index (χ4n) is 2.62. The van der Waals surface area contributed by atoms with Crippen molar-refractivity contribution >= 4 is 5.91 Å². The van der Waals surface area contributed by atoms with Crippen molar-refractivity contribution < 1.29 is 9.53 Å². The van der Waals surface area contributed by atoms with Gasteiger partial charge >= 0.3 is 0 Å². The van der Waals surface area contributed by atoms with E-state index in [1.165, 1.54) is 0 Å². The number of amides is 1. The van der Waals surface area contributed by atoms with Gasteiger partial charge in [-0.1, -0.05) is 6.92 Å². The summed E-state index contributed by atoms with van der Waals surface area (Å²) in [7, 11) is 0. The van der Waals surface area contributed by atoms with Crippen LogP contribution in [0.3, 0.4) is 0 Å². The van der Waals surface area contributed by atoms with Crippen LogP contribution in [0.1, 0.15) is 32.6 Å². The molecule has 0 aromatic carbocycles.